The van der Waals surface area contributed by atoms with Crippen molar-refractivity contribution in [2.75, 3.05) is 12.3 Å². The zero-order valence-electron chi connectivity index (χ0n) is 12.1. The van der Waals surface area contributed by atoms with E-state index in [0.717, 1.165) is 6.07 Å². The summed E-state index contributed by atoms with van der Waals surface area (Å²) in [7, 11) is -3.70. The summed E-state index contributed by atoms with van der Waals surface area (Å²) < 4.78 is 40.9. The van der Waals surface area contributed by atoms with Crippen LogP contribution in [0.1, 0.15) is 31.2 Å². The molecular formula is C15H21FN2O2S. The Morgan fingerprint density at radius 1 is 1.29 bits per heavy atom. The summed E-state index contributed by atoms with van der Waals surface area (Å²) in [5.74, 6) is 1.18. The Labute approximate surface area is 125 Å². The molecule has 0 atom stereocenters. The number of halogens is 1. The van der Waals surface area contributed by atoms with Crippen molar-refractivity contribution in [2.24, 2.45) is 17.8 Å². The van der Waals surface area contributed by atoms with Gasteiger partial charge in [0.05, 0.1) is 4.90 Å². The van der Waals surface area contributed by atoms with Crippen LogP contribution in [0, 0.1) is 30.5 Å². The molecule has 2 saturated carbocycles. The predicted molar refractivity (Wildman–Crippen MR) is 79.7 cm³/mol. The molecule has 0 spiro atoms. The van der Waals surface area contributed by atoms with Gasteiger partial charge in [0.15, 0.2) is 0 Å². The lowest BCUT2D eigenvalue weighted by Gasteiger charge is -2.16. The summed E-state index contributed by atoms with van der Waals surface area (Å²) in [4.78, 5) is -0.0894. The molecule has 21 heavy (non-hydrogen) atoms. The van der Waals surface area contributed by atoms with Gasteiger partial charge in [0.2, 0.25) is 10.0 Å². The van der Waals surface area contributed by atoms with Gasteiger partial charge in [-0.3, -0.25) is 0 Å². The fourth-order valence-electron chi connectivity index (χ4n) is 2.89. The Balaban J connectivity index is 1.74. The van der Waals surface area contributed by atoms with E-state index in [1.54, 1.807) is 0 Å². The van der Waals surface area contributed by atoms with Crippen molar-refractivity contribution in [3.8, 4) is 0 Å². The molecule has 0 amide bonds. The summed E-state index contributed by atoms with van der Waals surface area (Å²) in [6.45, 7) is 1.98. The van der Waals surface area contributed by atoms with E-state index >= 15 is 0 Å². The van der Waals surface area contributed by atoms with Crippen LogP contribution in [0.4, 0.5) is 10.1 Å². The number of hydrogen-bond donors (Lipinski definition) is 2. The Bertz CT molecular complexity index is 617. The Kier molecular flexibility index (Phi) is 3.69. The maximum Gasteiger partial charge on any atom is 0.240 e. The number of rotatable bonds is 6. The van der Waals surface area contributed by atoms with Crippen molar-refractivity contribution in [2.45, 2.75) is 37.5 Å². The molecule has 0 radical (unpaired) electrons. The summed E-state index contributed by atoms with van der Waals surface area (Å²) in [5, 5.41) is 0. The van der Waals surface area contributed by atoms with E-state index in [1.165, 1.54) is 38.7 Å². The molecule has 0 aromatic heterocycles. The maximum atomic E-state index is 13.7. The molecular weight excluding hydrogens is 291 g/mol. The van der Waals surface area contributed by atoms with E-state index in [1.807, 2.05) is 0 Å². The van der Waals surface area contributed by atoms with Gasteiger partial charge in [-0.05, 0) is 62.5 Å². The van der Waals surface area contributed by atoms with Crippen molar-refractivity contribution in [1.82, 2.24) is 4.72 Å². The SMILES string of the molecule is Cc1c(N)cc(S(=O)(=O)NCC(C2CC2)C2CC2)cc1F. The van der Waals surface area contributed by atoms with E-state index in [2.05, 4.69) is 4.72 Å². The number of benzene rings is 1. The lowest BCUT2D eigenvalue weighted by atomic mass is 9.99. The largest absolute Gasteiger partial charge is 0.398 e. The van der Waals surface area contributed by atoms with Crippen LogP contribution in [-0.4, -0.2) is 15.0 Å². The highest BCUT2D eigenvalue weighted by molar-refractivity contribution is 7.89. The molecule has 1 aromatic rings. The maximum absolute atomic E-state index is 13.7. The van der Waals surface area contributed by atoms with Gasteiger partial charge in [-0.25, -0.2) is 17.5 Å². The zero-order chi connectivity index (χ0) is 15.2. The first kappa shape index (κ1) is 14.8. The third kappa shape index (κ3) is 3.21. The number of anilines is 1. The lowest BCUT2D eigenvalue weighted by Crippen LogP contribution is -2.31. The number of nitrogens with one attached hydrogen (secondary N) is 1. The number of nitrogens with two attached hydrogens (primary N) is 1. The third-order valence-electron chi connectivity index (χ3n) is 4.63. The second-order valence-electron chi connectivity index (χ2n) is 6.31. The van der Waals surface area contributed by atoms with E-state index < -0.39 is 15.8 Å². The van der Waals surface area contributed by atoms with Gasteiger partial charge in [0, 0.05) is 17.8 Å². The number of sulfonamides is 1. The van der Waals surface area contributed by atoms with Crippen LogP contribution in [0.3, 0.4) is 0 Å². The van der Waals surface area contributed by atoms with Gasteiger partial charge in [-0.2, -0.15) is 0 Å². The third-order valence-corrected chi connectivity index (χ3v) is 6.04. The highest BCUT2D eigenvalue weighted by Gasteiger charge is 2.41. The average molecular weight is 312 g/mol. The first-order valence-electron chi connectivity index (χ1n) is 7.44. The molecule has 116 valence electrons. The summed E-state index contributed by atoms with van der Waals surface area (Å²) >= 11 is 0. The predicted octanol–water partition coefficient (Wildman–Crippen LogP) is 2.43. The van der Waals surface area contributed by atoms with Crippen molar-refractivity contribution in [1.29, 1.82) is 0 Å². The second kappa shape index (κ2) is 5.25. The van der Waals surface area contributed by atoms with Crippen molar-refractivity contribution in [3.05, 3.63) is 23.5 Å². The monoisotopic (exact) mass is 312 g/mol. The van der Waals surface area contributed by atoms with Gasteiger partial charge in [0.25, 0.3) is 0 Å². The molecule has 2 fully saturated rings. The van der Waals surface area contributed by atoms with E-state index in [9.17, 15) is 12.8 Å². The van der Waals surface area contributed by atoms with Gasteiger partial charge in [-0.1, -0.05) is 0 Å². The minimum Gasteiger partial charge on any atom is -0.398 e. The molecule has 0 unspecified atom stereocenters. The fourth-order valence-corrected chi connectivity index (χ4v) is 4.00. The topological polar surface area (TPSA) is 72.2 Å². The Morgan fingerprint density at radius 2 is 1.86 bits per heavy atom. The number of nitrogen functional groups attached to an aromatic ring is 1. The van der Waals surface area contributed by atoms with Gasteiger partial charge in [-0.15, -0.1) is 0 Å². The minimum atomic E-state index is -3.70. The number of hydrogen-bond acceptors (Lipinski definition) is 3. The van der Waals surface area contributed by atoms with E-state index in [4.69, 9.17) is 5.73 Å². The first-order valence-corrected chi connectivity index (χ1v) is 8.92. The molecule has 3 N–H and O–H groups in total. The summed E-state index contributed by atoms with van der Waals surface area (Å²) in [6, 6.07) is 2.36. The lowest BCUT2D eigenvalue weighted by molar-refractivity contribution is 0.401. The highest BCUT2D eigenvalue weighted by Crippen LogP contribution is 2.48. The zero-order valence-corrected chi connectivity index (χ0v) is 12.9. The summed E-state index contributed by atoms with van der Waals surface area (Å²) in [6.07, 6.45) is 4.81. The highest BCUT2D eigenvalue weighted by atomic mass is 32.2. The van der Waals surface area contributed by atoms with Gasteiger partial charge in [0.1, 0.15) is 5.82 Å². The molecule has 0 aliphatic heterocycles. The standard InChI is InChI=1S/C15H21FN2O2S/c1-9-14(16)6-12(7-15(9)17)21(19,20)18-8-13(10-2-3-10)11-4-5-11/h6-7,10-11,13,18H,2-5,8,17H2,1H3. The van der Waals surface area contributed by atoms with Crippen LogP contribution in [0.5, 0.6) is 0 Å². The molecule has 0 saturated heterocycles. The molecule has 0 heterocycles. The molecule has 2 aliphatic carbocycles. The molecule has 0 bridgehead atoms. The first-order chi connectivity index (χ1) is 9.88. The Hall–Kier alpha value is -1.14. The van der Waals surface area contributed by atoms with Crippen LogP contribution < -0.4 is 10.5 Å². The normalized spacial score (nSPS) is 19.2. The van der Waals surface area contributed by atoms with Crippen molar-refractivity contribution >= 4 is 15.7 Å². The Morgan fingerprint density at radius 3 is 2.33 bits per heavy atom. The van der Waals surface area contributed by atoms with Crippen LogP contribution >= 0.6 is 0 Å². The molecule has 4 nitrogen and oxygen atoms in total. The van der Waals surface area contributed by atoms with Crippen LogP contribution in [-0.2, 0) is 10.0 Å². The quantitative estimate of drug-likeness (QED) is 0.792. The van der Waals surface area contributed by atoms with Crippen molar-refractivity contribution < 1.29 is 12.8 Å². The molecule has 2 aliphatic rings. The van der Waals surface area contributed by atoms with Crippen LogP contribution in [0.2, 0.25) is 0 Å². The van der Waals surface area contributed by atoms with E-state index in [0.29, 0.717) is 24.3 Å². The van der Waals surface area contributed by atoms with Gasteiger partial charge >= 0.3 is 0 Å². The van der Waals surface area contributed by atoms with Gasteiger partial charge < -0.3 is 5.73 Å². The molecule has 3 rings (SSSR count). The van der Waals surface area contributed by atoms with Crippen molar-refractivity contribution in [3.63, 3.8) is 0 Å². The smallest absolute Gasteiger partial charge is 0.240 e. The average Bonchev–Trinajstić information content (AvgIpc) is 3.27. The summed E-state index contributed by atoms with van der Waals surface area (Å²) in [5.41, 5.74) is 6.10. The van der Waals surface area contributed by atoms with Crippen LogP contribution in [0.25, 0.3) is 0 Å². The second-order valence-corrected chi connectivity index (χ2v) is 8.08. The van der Waals surface area contributed by atoms with Crippen LogP contribution in [0.15, 0.2) is 17.0 Å². The van der Waals surface area contributed by atoms with E-state index in [-0.39, 0.29) is 16.1 Å². The molecule has 6 heteroatoms. The fraction of sp³-hybridized carbons (Fsp3) is 0.600. The minimum absolute atomic E-state index is 0.0894. The molecule has 1 aromatic carbocycles.